The average molecular weight is 405 g/mol. The highest BCUT2D eigenvalue weighted by Crippen LogP contribution is 2.27. The Morgan fingerprint density at radius 2 is 1.79 bits per heavy atom. The van der Waals surface area contributed by atoms with E-state index >= 15 is 0 Å². The molecule has 0 aliphatic carbocycles. The molecular weight excluding hydrogens is 388 g/mol. The van der Waals surface area contributed by atoms with Crippen molar-refractivity contribution in [2.45, 2.75) is 11.3 Å². The normalized spacial score (nSPS) is 11.5. The van der Waals surface area contributed by atoms with Gasteiger partial charge in [-0.1, -0.05) is 30.3 Å². The molecular formula is C18H17BrN2O2S. The van der Waals surface area contributed by atoms with Crippen molar-refractivity contribution in [3.05, 3.63) is 65.3 Å². The molecule has 0 bridgehead atoms. The summed E-state index contributed by atoms with van der Waals surface area (Å²) in [6.45, 7) is 0.581. The molecule has 1 aromatic heterocycles. The summed E-state index contributed by atoms with van der Waals surface area (Å²) in [5, 5.41) is 4.33. The highest BCUT2D eigenvalue weighted by atomic mass is 79.9. The molecule has 1 N–H and O–H groups in total. The number of pyridine rings is 1. The molecule has 0 atom stereocenters. The van der Waals surface area contributed by atoms with E-state index in [0.29, 0.717) is 17.9 Å². The number of hydrogen-bond donors (Lipinski definition) is 1. The summed E-state index contributed by atoms with van der Waals surface area (Å²) in [6, 6.07) is 16.4. The molecule has 0 aliphatic heterocycles. The van der Waals surface area contributed by atoms with Crippen LogP contribution < -0.4 is 5.32 Å². The lowest BCUT2D eigenvalue weighted by Crippen LogP contribution is -2.11. The van der Waals surface area contributed by atoms with Crippen LogP contribution in [0.2, 0.25) is 0 Å². The van der Waals surface area contributed by atoms with Crippen LogP contribution in [0.3, 0.4) is 0 Å². The maximum atomic E-state index is 12.3. The van der Waals surface area contributed by atoms with Gasteiger partial charge in [-0.05, 0) is 46.6 Å². The molecule has 4 nitrogen and oxygen atoms in total. The average Bonchev–Trinajstić information content (AvgIpc) is 2.60. The van der Waals surface area contributed by atoms with Crippen molar-refractivity contribution < 1.29 is 8.42 Å². The number of aromatic nitrogens is 1. The first-order chi connectivity index (χ1) is 11.6. The number of nitrogens with one attached hydrogen (secondary N) is 1. The third-order valence-corrected chi connectivity index (χ3v) is 6.19. The van der Waals surface area contributed by atoms with Gasteiger partial charge in [0.2, 0.25) is 0 Å². The van der Waals surface area contributed by atoms with Crippen LogP contribution >= 0.6 is 15.9 Å². The van der Waals surface area contributed by atoms with Gasteiger partial charge < -0.3 is 5.32 Å². The number of para-hydroxylation sites is 1. The Hall–Kier alpha value is -1.92. The Bertz CT molecular complexity index is 944. The molecule has 124 valence electrons. The first kappa shape index (κ1) is 16.9. The highest BCUT2D eigenvalue weighted by Gasteiger charge is 2.13. The van der Waals surface area contributed by atoms with Crippen LogP contribution in [0.25, 0.3) is 10.9 Å². The molecule has 2 aromatic carbocycles. The number of anilines is 1. The van der Waals surface area contributed by atoms with Gasteiger partial charge in [0.1, 0.15) is 0 Å². The number of sulfone groups is 1. The number of rotatable bonds is 6. The SMILES string of the molecule is O=S(=O)(CCCNc1ccnc2c(Br)cccc12)c1ccccc1. The first-order valence-electron chi connectivity index (χ1n) is 7.63. The van der Waals surface area contributed by atoms with Gasteiger partial charge in [0.15, 0.2) is 9.84 Å². The molecule has 6 heteroatoms. The summed E-state index contributed by atoms with van der Waals surface area (Å²) in [5.74, 6) is 0.122. The van der Waals surface area contributed by atoms with E-state index in [4.69, 9.17) is 0 Å². The minimum absolute atomic E-state index is 0.122. The Kier molecular flexibility index (Phi) is 5.16. The van der Waals surface area contributed by atoms with Gasteiger partial charge in [-0.2, -0.15) is 0 Å². The lowest BCUT2D eigenvalue weighted by Gasteiger charge is -2.10. The zero-order chi connectivity index (χ0) is 17.0. The summed E-state index contributed by atoms with van der Waals surface area (Å²) in [6.07, 6.45) is 2.28. The van der Waals surface area contributed by atoms with E-state index in [0.717, 1.165) is 21.1 Å². The highest BCUT2D eigenvalue weighted by molar-refractivity contribution is 9.10. The van der Waals surface area contributed by atoms with Crippen molar-refractivity contribution in [3.63, 3.8) is 0 Å². The maximum Gasteiger partial charge on any atom is 0.178 e. The minimum Gasteiger partial charge on any atom is -0.384 e. The molecule has 0 aliphatic rings. The van der Waals surface area contributed by atoms with Gasteiger partial charge in [0, 0.05) is 28.3 Å². The summed E-state index contributed by atoms with van der Waals surface area (Å²) < 4.78 is 25.5. The largest absolute Gasteiger partial charge is 0.384 e. The predicted molar refractivity (Wildman–Crippen MR) is 101 cm³/mol. The van der Waals surface area contributed by atoms with E-state index in [9.17, 15) is 8.42 Å². The molecule has 0 spiro atoms. The second kappa shape index (κ2) is 7.32. The lowest BCUT2D eigenvalue weighted by atomic mass is 10.2. The van der Waals surface area contributed by atoms with Crippen LogP contribution in [0.4, 0.5) is 5.69 Å². The third-order valence-electron chi connectivity index (χ3n) is 3.73. The van der Waals surface area contributed by atoms with Crippen molar-refractivity contribution in [1.82, 2.24) is 4.98 Å². The third kappa shape index (κ3) is 3.76. The topological polar surface area (TPSA) is 59.1 Å². The fourth-order valence-electron chi connectivity index (χ4n) is 2.53. The number of halogens is 1. The molecule has 3 rings (SSSR count). The molecule has 0 saturated carbocycles. The van der Waals surface area contributed by atoms with Crippen molar-refractivity contribution in [2.75, 3.05) is 17.6 Å². The number of hydrogen-bond acceptors (Lipinski definition) is 4. The number of nitrogens with zero attached hydrogens (tertiary/aromatic N) is 1. The van der Waals surface area contributed by atoms with Crippen molar-refractivity contribution in [3.8, 4) is 0 Å². The maximum absolute atomic E-state index is 12.3. The van der Waals surface area contributed by atoms with Crippen LogP contribution in [-0.4, -0.2) is 25.7 Å². The summed E-state index contributed by atoms with van der Waals surface area (Å²) in [4.78, 5) is 4.74. The Balaban J connectivity index is 1.65. The first-order valence-corrected chi connectivity index (χ1v) is 10.1. The molecule has 0 amide bonds. The number of benzene rings is 2. The standard InChI is InChI=1S/C18H17BrN2O2S/c19-16-9-4-8-15-17(10-12-21-18(15)16)20-11-5-13-24(22,23)14-6-2-1-3-7-14/h1-4,6-10,12H,5,11,13H2,(H,20,21). The van der Waals surface area contributed by atoms with E-state index in [-0.39, 0.29) is 5.75 Å². The van der Waals surface area contributed by atoms with Gasteiger partial charge in [-0.3, -0.25) is 4.98 Å². The van der Waals surface area contributed by atoms with Gasteiger partial charge in [0.05, 0.1) is 16.2 Å². The molecule has 24 heavy (non-hydrogen) atoms. The zero-order valence-electron chi connectivity index (χ0n) is 12.9. The molecule has 0 saturated heterocycles. The summed E-state index contributed by atoms with van der Waals surface area (Å²) >= 11 is 3.50. The molecule has 0 radical (unpaired) electrons. The van der Waals surface area contributed by atoms with Crippen molar-refractivity contribution >= 4 is 42.4 Å². The van der Waals surface area contributed by atoms with E-state index in [1.54, 1.807) is 30.5 Å². The lowest BCUT2D eigenvalue weighted by molar-refractivity contribution is 0.594. The smallest absolute Gasteiger partial charge is 0.178 e. The quantitative estimate of drug-likeness (QED) is 0.623. The predicted octanol–water partition coefficient (Wildman–Crippen LogP) is 4.27. The van der Waals surface area contributed by atoms with Gasteiger partial charge in [0.25, 0.3) is 0 Å². The fraction of sp³-hybridized carbons (Fsp3) is 0.167. The Morgan fingerprint density at radius 1 is 1.00 bits per heavy atom. The van der Waals surface area contributed by atoms with Crippen molar-refractivity contribution in [2.24, 2.45) is 0 Å². The van der Waals surface area contributed by atoms with E-state index < -0.39 is 9.84 Å². The minimum atomic E-state index is -3.22. The summed E-state index contributed by atoms with van der Waals surface area (Å²) in [7, 11) is -3.22. The van der Waals surface area contributed by atoms with E-state index in [2.05, 4.69) is 26.2 Å². The molecule has 0 fully saturated rings. The van der Waals surface area contributed by atoms with E-state index in [1.807, 2.05) is 30.3 Å². The van der Waals surface area contributed by atoms with Crippen LogP contribution in [0.5, 0.6) is 0 Å². The van der Waals surface area contributed by atoms with Crippen molar-refractivity contribution in [1.29, 1.82) is 0 Å². The van der Waals surface area contributed by atoms with Gasteiger partial charge >= 0.3 is 0 Å². The van der Waals surface area contributed by atoms with Crippen LogP contribution in [0, 0.1) is 0 Å². The Morgan fingerprint density at radius 3 is 2.58 bits per heavy atom. The monoisotopic (exact) mass is 404 g/mol. The number of fused-ring (bicyclic) bond motifs is 1. The van der Waals surface area contributed by atoms with Crippen LogP contribution in [-0.2, 0) is 9.84 Å². The van der Waals surface area contributed by atoms with Gasteiger partial charge in [-0.15, -0.1) is 0 Å². The van der Waals surface area contributed by atoms with Crippen LogP contribution in [0.1, 0.15) is 6.42 Å². The Labute approximate surface area is 150 Å². The van der Waals surface area contributed by atoms with Gasteiger partial charge in [-0.25, -0.2) is 8.42 Å². The molecule has 3 aromatic rings. The second-order valence-corrected chi connectivity index (χ2v) is 8.37. The van der Waals surface area contributed by atoms with E-state index in [1.165, 1.54) is 0 Å². The molecule has 0 unspecified atom stereocenters. The molecule has 1 heterocycles. The summed E-state index contributed by atoms with van der Waals surface area (Å²) in [5.41, 5.74) is 1.85. The fourth-order valence-corrected chi connectivity index (χ4v) is 4.33. The second-order valence-electron chi connectivity index (χ2n) is 5.41. The zero-order valence-corrected chi connectivity index (χ0v) is 15.3. The van der Waals surface area contributed by atoms with Crippen LogP contribution in [0.15, 0.2) is 70.2 Å².